The van der Waals surface area contributed by atoms with Crippen LogP contribution in [-0.4, -0.2) is 72.1 Å². The average Bonchev–Trinajstić information content (AvgIpc) is 3.30. The summed E-state index contributed by atoms with van der Waals surface area (Å²) in [6.45, 7) is -0.432. The molecular formula is C18H19N5O5. The lowest BCUT2D eigenvalue weighted by molar-refractivity contribution is -0.0577. The van der Waals surface area contributed by atoms with Gasteiger partial charge in [0.05, 0.1) is 19.9 Å². The summed E-state index contributed by atoms with van der Waals surface area (Å²) in [6.07, 6.45) is 0.102. The first-order chi connectivity index (χ1) is 13.6. The highest BCUT2D eigenvalue weighted by molar-refractivity contribution is 5.60. The van der Waals surface area contributed by atoms with E-state index in [1.807, 2.05) is 0 Å². The number of benzene rings is 1. The number of rotatable bonds is 5. The number of aliphatic hydroxyl groups excluding tert-OH is 3. The van der Waals surface area contributed by atoms with Crippen molar-refractivity contribution in [3.05, 3.63) is 42.9 Å². The van der Waals surface area contributed by atoms with E-state index in [2.05, 4.69) is 20.1 Å². The van der Waals surface area contributed by atoms with Crippen LogP contribution in [0.5, 0.6) is 5.75 Å². The number of aromatic nitrogens is 5. The third-order valence-corrected chi connectivity index (χ3v) is 4.53. The standard InChI is InChI=1S/C18H19N5O5/c1-27-11-4-2-10(3-5-11)17-21-16(12-8-19-6-7-20-12)22-23(17)18-15(26)14(25)13(9-24)28-18/h2-8,13-15,18,24-26H,9H2,1H3/t13-,14-,15-,18-/m1/s1. The molecule has 146 valence electrons. The first kappa shape index (κ1) is 18.4. The molecule has 10 nitrogen and oxygen atoms in total. The molecule has 3 N–H and O–H groups in total. The Labute approximate surface area is 160 Å². The van der Waals surface area contributed by atoms with Gasteiger partial charge in [0.2, 0.25) is 5.82 Å². The maximum Gasteiger partial charge on any atom is 0.202 e. The van der Waals surface area contributed by atoms with E-state index in [1.54, 1.807) is 31.4 Å². The van der Waals surface area contributed by atoms with Crippen LogP contribution in [0.2, 0.25) is 0 Å². The molecule has 0 saturated carbocycles. The van der Waals surface area contributed by atoms with Gasteiger partial charge in [0.15, 0.2) is 12.1 Å². The highest BCUT2D eigenvalue weighted by Gasteiger charge is 2.45. The first-order valence-electron chi connectivity index (χ1n) is 8.62. The second-order valence-electron chi connectivity index (χ2n) is 6.25. The number of hydrogen-bond donors (Lipinski definition) is 3. The minimum Gasteiger partial charge on any atom is -0.497 e. The van der Waals surface area contributed by atoms with Crippen molar-refractivity contribution in [1.82, 2.24) is 24.7 Å². The Kier molecular flexibility index (Phi) is 5.01. The monoisotopic (exact) mass is 385 g/mol. The lowest BCUT2D eigenvalue weighted by atomic mass is 10.1. The first-order valence-corrected chi connectivity index (χ1v) is 8.62. The predicted octanol–water partition coefficient (Wildman–Crippen LogP) is 0.0222. The van der Waals surface area contributed by atoms with Gasteiger partial charge >= 0.3 is 0 Å². The summed E-state index contributed by atoms with van der Waals surface area (Å²) in [7, 11) is 1.57. The highest BCUT2D eigenvalue weighted by Crippen LogP contribution is 2.33. The Hall–Kier alpha value is -2.92. The number of nitrogens with zero attached hydrogens (tertiary/aromatic N) is 5. The van der Waals surface area contributed by atoms with Crippen molar-refractivity contribution < 1.29 is 24.8 Å². The molecule has 3 heterocycles. The van der Waals surface area contributed by atoms with Crippen LogP contribution in [0.25, 0.3) is 22.9 Å². The molecule has 1 aliphatic heterocycles. The molecule has 1 saturated heterocycles. The van der Waals surface area contributed by atoms with Crippen molar-refractivity contribution in [2.24, 2.45) is 0 Å². The van der Waals surface area contributed by atoms with Crippen LogP contribution in [0.1, 0.15) is 6.23 Å². The van der Waals surface area contributed by atoms with E-state index in [1.165, 1.54) is 23.3 Å². The number of ether oxygens (including phenoxy) is 2. The quantitative estimate of drug-likeness (QED) is 0.555. The van der Waals surface area contributed by atoms with Gasteiger partial charge in [-0.3, -0.25) is 4.98 Å². The van der Waals surface area contributed by atoms with Crippen molar-refractivity contribution in [2.75, 3.05) is 13.7 Å². The van der Waals surface area contributed by atoms with E-state index in [0.29, 0.717) is 22.8 Å². The van der Waals surface area contributed by atoms with Gasteiger partial charge in [-0.25, -0.2) is 14.6 Å². The second-order valence-corrected chi connectivity index (χ2v) is 6.25. The summed E-state index contributed by atoms with van der Waals surface area (Å²) in [5.41, 5.74) is 1.14. The Balaban J connectivity index is 1.80. The second kappa shape index (κ2) is 7.60. The van der Waals surface area contributed by atoms with Crippen LogP contribution in [0, 0.1) is 0 Å². The van der Waals surface area contributed by atoms with E-state index < -0.39 is 31.1 Å². The molecule has 1 fully saturated rings. The lowest BCUT2D eigenvalue weighted by Crippen LogP contribution is -2.33. The molecule has 1 aliphatic rings. The zero-order valence-electron chi connectivity index (χ0n) is 15.0. The van der Waals surface area contributed by atoms with Gasteiger partial charge in [-0.05, 0) is 24.3 Å². The van der Waals surface area contributed by atoms with Crippen molar-refractivity contribution in [3.8, 4) is 28.7 Å². The number of methoxy groups -OCH3 is 1. The molecule has 0 amide bonds. The average molecular weight is 385 g/mol. The highest BCUT2D eigenvalue weighted by atomic mass is 16.6. The van der Waals surface area contributed by atoms with Gasteiger partial charge in [-0.2, -0.15) is 0 Å². The normalized spacial score (nSPS) is 24.4. The molecule has 4 atom stereocenters. The fourth-order valence-corrected chi connectivity index (χ4v) is 3.04. The largest absolute Gasteiger partial charge is 0.497 e. The van der Waals surface area contributed by atoms with Crippen molar-refractivity contribution >= 4 is 0 Å². The molecule has 0 bridgehead atoms. The third kappa shape index (κ3) is 3.22. The topological polar surface area (TPSA) is 136 Å². The van der Waals surface area contributed by atoms with Crippen molar-refractivity contribution in [3.63, 3.8) is 0 Å². The molecule has 10 heteroatoms. The lowest BCUT2D eigenvalue weighted by Gasteiger charge is -2.17. The van der Waals surface area contributed by atoms with Crippen LogP contribution < -0.4 is 4.74 Å². The summed E-state index contributed by atoms with van der Waals surface area (Å²) in [4.78, 5) is 12.8. The zero-order valence-corrected chi connectivity index (χ0v) is 15.0. The number of hydrogen-bond acceptors (Lipinski definition) is 9. The molecule has 28 heavy (non-hydrogen) atoms. The molecule has 3 aromatic rings. The van der Waals surface area contributed by atoms with Gasteiger partial charge in [0, 0.05) is 18.0 Å². The molecular weight excluding hydrogens is 366 g/mol. The Morgan fingerprint density at radius 2 is 1.93 bits per heavy atom. The Bertz CT molecular complexity index is 933. The third-order valence-electron chi connectivity index (χ3n) is 4.53. The molecule has 4 rings (SSSR count). The summed E-state index contributed by atoms with van der Waals surface area (Å²) in [5.74, 6) is 1.37. The van der Waals surface area contributed by atoms with E-state index in [-0.39, 0.29) is 5.82 Å². The van der Waals surface area contributed by atoms with Gasteiger partial charge in [0.1, 0.15) is 29.8 Å². The van der Waals surface area contributed by atoms with E-state index >= 15 is 0 Å². The molecule has 0 aliphatic carbocycles. The predicted molar refractivity (Wildman–Crippen MR) is 96.0 cm³/mol. The summed E-state index contributed by atoms with van der Waals surface area (Å²) in [5, 5.41) is 34.3. The van der Waals surface area contributed by atoms with Gasteiger partial charge in [-0.1, -0.05) is 0 Å². The fourth-order valence-electron chi connectivity index (χ4n) is 3.04. The SMILES string of the molecule is COc1ccc(-c2nc(-c3cnccn3)nn2[C@@H]2O[C@H](CO)[C@@H](O)[C@H]2O)cc1. The molecule has 0 radical (unpaired) electrons. The summed E-state index contributed by atoms with van der Waals surface area (Å²) < 4.78 is 12.2. The van der Waals surface area contributed by atoms with Gasteiger partial charge < -0.3 is 24.8 Å². The van der Waals surface area contributed by atoms with E-state index in [4.69, 9.17) is 9.47 Å². The van der Waals surface area contributed by atoms with Crippen LogP contribution in [-0.2, 0) is 4.74 Å². The molecule has 1 aromatic carbocycles. The summed E-state index contributed by atoms with van der Waals surface area (Å²) in [6, 6.07) is 7.13. The Morgan fingerprint density at radius 1 is 1.14 bits per heavy atom. The molecule has 0 spiro atoms. The molecule has 2 aromatic heterocycles. The molecule has 0 unspecified atom stereocenters. The Morgan fingerprint density at radius 3 is 2.54 bits per heavy atom. The van der Waals surface area contributed by atoms with Gasteiger partial charge in [-0.15, -0.1) is 5.10 Å². The minimum absolute atomic E-state index is 0.289. The van der Waals surface area contributed by atoms with Crippen LogP contribution in [0.15, 0.2) is 42.9 Å². The summed E-state index contributed by atoms with van der Waals surface area (Å²) >= 11 is 0. The van der Waals surface area contributed by atoms with Gasteiger partial charge in [0.25, 0.3) is 0 Å². The number of aliphatic hydroxyl groups is 3. The smallest absolute Gasteiger partial charge is 0.202 e. The van der Waals surface area contributed by atoms with Crippen molar-refractivity contribution in [1.29, 1.82) is 0 Å². The van der Waals surface area contributed by atoms with Crippen LogP contribution in [0.3, 0.4) is 0 Å². The van der Waals surface area contributed by atoms with Crippen LogP contribution in [0.4, 0.5) is 0 Å². The minimum atomic E-state index is -1.29. The maximum atomic E-state index is 10.4. The maximum absolute atomic E-state index is 10.4. The van der Waals surface area contributed by atoms with Crippen molar-refractivity contribution in [2.45, 2.75) is 24.5 Å². The fraction of sp³-hybridized carbons (Fsp3) is 0.333. The van der Waals surface area contributed by atoms with E-state index in [9.17, 15) is 15.3 Å². The zero-order chi connectivity index (χ0) is 19.7. The van der Waals surface area contributed by atoms with Crippen LogP contribution >= 0.6 is 0 Å². The van der Waals surface area contributed by atoms with E-state index in [0.717, 1.165) is 0 Å².